The van der Waals surface area contributed by atoms with Gasteiger partial charge in [-0.3, -0.25) is 14.5 Å². The van der Waals surface area contributed by atoms with Crippen LogP contribution in [0.1, 0.15) is 26.7 Å². The maximum Gasteiger partial charge on any atom is 0.267 e. The summed E-state index contributed by atoms with van der Waals surface area (Å²) in [5, 5.41) is 8.35. The van der Waals surface area contributed by atoms with E-state index < -0.39 is 0 Å². The second-order valence-corrected chi connectivity index (χ2v) is 6.82. The Bertz CT molecular complexity index is 469. The molecule has 23 heavy (non-hydrogen) atoms. The van der Waals surface area contributed by atoms with E-state index in [-0.39, 0.29) is 11.8 Å². The molecule has 0 aliphatic carbocycles. The van der Waals surface area contributed by atoms with Gasteiger partial charge in [0, 0.05) is 58.7 Å². The van der Waals surface area contributed by atoms with E-state index >= 15 is 0 Å². The molecule has 0 radical (unpaired) electrons. The quantitative estimate of drug-likeness (QED) is 0.772. The molecular formula is C16H29N5O2. The van der Waals surface area contributed by atoms with Gasteiger partial charge in [-0.05, 0) is 13.0 Å². The molecule has 1 fully saturated rings. The van der Waals surface area contributed by atoms with Crippen molar-refractivity contribution in [2.24, 2.45) is 11.0 Å². The Kier molecular flexibility index (Phi) is 6.12. The van der Waals surface area contributed by atoms with Crippen LogP contribution in [0, 0.1) is 5.92 Å². The van der Waals surface area contributed by atoms with Crippen molar-refractivity contribution in [2.75, 3.05) is 46.8 Å². The van der Waals surface area contributed by atoms with Crippen molar-refractivity contribution < 1.29 is 9.59 Å². The molecule has 0 unspecified atom stereocenters. The predicted molar refractivity (Wildman–Crippen MR) is 90.1 cm³/mol. The van der Waals surface area contributed by atoms with Gasteiger partial charge in [0.2, 0.25) is 5.91 Å². The molecule has 7 heteroatoms. The van der Waals surface area contributed by atoms with Crippen LogP contribution in [0.2, 0.25) is 0 Å². The van der Waals surface area contributed by atoms with Crippen molar-refractivity contribution in [1.82, 2.24) is 20.1 Å². The van der Waals surface area contributed by atoms with Crippen molar-refractivity contribution in [1.29, 1.82) is 0 Å². The molecule has 0 aromatic heterocycles. The highest BCUT2D eigenvalue weighted by Crippen LogP contribution is 2.13. The Balaban J connectivity index is 1.90. The topological polar surface area (TPSA) is 68.2 Å². The number of nitrogens with one attached hydrogen (secondary N) is 1. The first-order valence-corrected chi connectivity index (χ1v) is 8.43. The standard InChI is InChI=1S/C16H29N5O2/c1-12(2)14(21-9-7-19(3)8-10-21)11-17-16(23)13-5-6-15(22)20(4)18-13/h12,14H,5-11H2,1-4H3,(H,17,23)/t14-/m0/s1. The number of hydrazone groups is 1. The van der Waals surface area contributed by atoms with E-state index in [2.05, 4.69) is 41.1 Å². The number of hydrogen-bond donors (Lipinski definition) is 1. The molecule has 1 saturated heterocycles. The second-order valence-electron chi connectivity index (χ2n) is 6.82. The summed E-state index contributed by atoms with van der Waals surface area (Å²) in [5.74, 6) is 0.277. The van der Waals surface area contributed by atoms with Gasteiger partial charge in [-0.15, -0.1) is 0 Å². The molecule has 0 spiro atoms. The van der Waals surface area contributed by atoms with Crippen LogP contribution in [0.3, 0.4) is 0 Å². The fourth-order valence-electron chi connectivity index (χ4n) is 3.07. The molecule has 2 aliphatic rings. The first-order valence-electron chi connectivity index (χ1n) is 8.43. The highest BCUT2D eigenvalue weighted by molar-refractivity contribution is 6.39. The highest BCUT2D eigenvalue weighted by atomic mass is 16.2. The molecule has 1 N–H and O–H groups in total. The fourth-order valence-corrected chi connectivity index (χ4v) is 3.07. The van der Waals surface area contributed by atoms with Gasteiger partial charge in [0.05, 0.1) is 0 Å². The third-order valence-electron chi connectivity index (χ3n) is 4.72. The van der Waals surface area contributed by atoms with E-state index in [0.29, 0.717) is 37.1 Å². The van der Waals surface area contributed by atoms with E-state index in [1.54, 1.807) is 7.05 Å². The van der Waals surface area contributed by atoms with E-state index in [1.165, 1.54) is 5.01 Å². The molecule has 2 heterocycles. The molecule has 1 atom stereocenters. The summed E-state index contributed by atoms with van der Waals surface area (Å²) in [6.07, 6.45) is 0.782. The van der Waals surface area contributed by atoms with Crippen LogP contribution in [0.5, 0.6) is 0 Å². The second kappa shape index (κ2) is 7.88. The Labute approximate surface area is 138 Å². The van der Waals surface area contributed by atoms with Crippen LogP contribution in [0.4, 0.5) is 0 Å². The van der Waals surface area contributed by atoms with Crippen LogP contribution in [0.15, 0.2) is 5.10 Å². The van der Waals surface area contributed by atoms with Crippen molar-refractivity contribution in [3.05, 3.63) is 0 Å². The van der Waals surface area contributed by atoms with Gasteiger partial charge >= 0.3 is 0 Å². The van der Waals surface area contributed by atoms with Crippen molar-refractivity contribution in [3.63, 3.8) is 0 Å². The number of nitrogens with zero attached hydrogens (tertiary/aromatic N) is 4. The number of piperazine rings is 1. The third kappa shape index (κ3) is 4.75. The molecule has 0 aromatic carbocycles. The maximum absolute atomic E-state index is 12.3. The van der Waals surface area contributed by atoms with Crippen LogP contribution in [-0.4, -0.2) is 85.2 Å². The van der Waals surface area contributed by atoms with E-state index in [9.17, 15) is 9.59 Å². The number of carbonyl (C=O) groups excluding carboxylic acids is 2. The zero-order chi connectivity index (χ0) is 17.0. The van der Waals surface area contributed by atoms with Gasteiger partial charge < -0.3 is 10.2 Å². The fraction of sp³-hybridized carbons (Fsp3) is 0.812. The summed E-state index contributed by atoms with van der Waals surface area (Å²) in [6.45, 7) is 9.21. The monoisotopic (exact) mass is 323 g/mol. The summed E-state index contributed by atoms with van der Waals surface area (Å²) in [6, 6.07) is 0.330. The molecule has 2 amide bonds. The minimum Gasteiger partial charge on any atom is -0.349 e. The maximum atomic E-state index is 12.3. The zero-order valence-electron chi connectivity index (χ0n) is 14.7. The van der Waals surface area contributed by atoms with Gasteiger partial charge in [0.15, 0.2) is 0 Å². The molecule has 7 nitrogen and oxygen atoms in total. The first-order chi connectivity index (χ1) is 10.9. The van der Waals surface area contributed by atoms with Crippen LogP contribution >= 0.6 is 0 Å². The molecule has 0 aromatic rings. The van der Waals surface area contributed by atoms with Crippen molar-refractivity contribution in [3.8, 4) is 0 Å². The summed E-state index contributed by atoms with van der Waals surface area (Å²) >= 11 is 0. The average Bonchev–Trinajstić information content (AvgIpc) is 2.51. The van der Waals surface area contributed by atoms with Gasteiger partial charge in [0.25, 0.3) is 5.91 Å². The third-order valence-corrected chi connectivity index (χ3v) is 4.72. The van der Waals surface area contributed by atoms with E-state index in [0.717, 1.165) is 26.2 Å². The van der Waals surface area contributed by atoms with Gasteiger partial charge in [0.1, 0.15) is 5.71 Å². The number of hydrogen-bond acceptors (Lipinski definition) is 5. The number of amides is 2. The minimum absolute atomic E-state index is 0.0426. The van der Waals surface area contributed by atoms with Crippen molar-refractivity contribution >= 4 is 17.5 Å². The lowest BCUT2D eigenvalue weighted by molar-refractivity contribution is -0.130. The van der Waals surface area contributed by atoms with Crippen molar-refractivity contribution in [2.45, 2.75) is 32.7 Å². The molecule has 2 rings (SSSR count). The normalized spacial score (nSPS) is 22.2. The summed E-state index contributed by atoms with van der Waals surface area (Å²) in [4.78, 5) is 28.5. The van der Waals surface area contributed by atoms with Gasteiger partial charge in [-0.25, -0.2) is 5.01 Å². The lowest BCUT2D eigenvalue weighted by Crippen LogP contribution is -2.54. The molecule has 130 valence electrons. The van der Waals surface area contributed by atoms with E-state index in [4.69, 9.17) is 0 Å². The van der Waals surface area contributed by atoms with E-state index in [1.807, 2.05) is 0 Å². The highest BCUT2D eigenvalue weighted by Gasteiger charge is 2.27. The smallest absolute Gasteiger partial charge is 0.267 e. The molecular weight excluding hydrogens is 294 g/mol. The Hall–Kier alpha value is -1.47. The predicted octanol–water partition coefficient (Wildman–Crippen LogP) is -0.0172. The summed E-state index contributed by atoms with van der Waals surface area (Å²) < 4.78 is 0. The SMILES string of the molecule is CC(C)[C@H](CNC(=O)C1=NN(C)C(=O)CC1)N1CCN(C)CC1. The lowest BCUT2D eigenvalue weighted by atomic mass is 10.0. The number of likely N-dealkylation sites (N-methyl/N-ethyl adjacent to an activating group) is 1. The van der Waals surface area contributed by atoms with Crippen LogP contribution < -0.4 is 5.32 Å². The summed E-state index contributed by atoms with van der Waals surface area (Å²) in [7, 11) is 3.73. The Morgan fingerprint density at radius 1 is 1.17 bits per heavy atom. The minimum atomic E-state index is -0.149. The lowest BCUT2D eigenvalue weighted by Gasteiger charge is -2.40. The van der Waals surface area contributed by atoms with Crippen LogP contribution in [0.25, 0.3) is 0 Å². The largest absolute Gasteiger partial charge is 0.349 e. The van der Waals surface area contributed by atoms with Gasteiger partial charge in [-0.1, -0.05) is 13.8 Å². The molecule has 2 aliphatic heterocycles. The number of rotatable bonds is 5. The zero-order valence-corrected chi connectivity index (χ0v) is 14.7. The number of carbonyl (C=O) groups is 2. The Morgan fingerprint density at radius 2 is 1.83 bits per heavy atom. The Morgan fingerprint density at radius 3 is 2.39 bits per heavy atom. The molecule has 0 saturated carbocycles. The van der Waals surface area contributed by atoms with Crippen LogP contribution in [-0.2, 0) is 9.59 Å². The van der Waals surface area contributed by atoms with Gasteiger partial charge in [-0.2, -0.15) is 5.10 Å². The average molecular weight is 323 g/mol. The molecule has 0 bridgehead atoms. The summed E-state index contributed by atoms with van der Waals surface area (Å²) in [5.41, 5.74) is 0.452. The first kappa shape index (κ1) is 17.9.